The molecular formula is C16H16F3N3O3S. The maximum Gasteiger partial charge on any atom is 0.416 e. The first-order chi connectivity index (χ1) is 12.3. The van der Waals surface area contributed by atoms with E-state index in [0.717, 1.165) is 12.1 Å². The molecular weight excluding hydrogens is 371 g/mol. The van der Waals surface area contributed by atoms with E-state index in [1.807, 2.05) is 0 Å². The topological polar surface area (TPSA) is 75.5 Å². The van der Waals surface area contributed by atoms with E-state index >= 15 is 0 Å². The Balaban J connectivity index is 1.79. The highest BCUT2D eigenvalue weighted by Crippen LogP contribution is 2.31. The number of carbonyl (C=O) groups excluding carboxylic acids is 1. The molecule has 1 aromatic carbocycles. The Morgan fingerprint density at radius 3 is 2.69 bits per heavy atom. The number of halogens is 3. The number of hydrogen-bond donors (Lipinski definition) is 3. The quantitative estimate of drug-likeness (QED) is 0.541. The molecule has 0 aliphatic rings. The van der Waals surface area contributed by atoms with Gasteiger partial charge in [-0.2, -0.15) is 13.2 Å². The van der Waals surface area contributed by atoms with Crippen LogP contribution in [-0.2, 0) is 17.5 Å². The van der Waals surface area contributed by atoms with Gasteiger partial charge in [0.25, 0.3) is 5.91 Å². The molecule has 0 saturated heterocycles. The molecule has 0 aliphatic heterocycles. The van der Waals surface area contributed by atoms with E-state index in [9.17, 15) is 18.0 Å². The van der Waals surface area contributed by atoms with Crippen LogP contribution >= 0.6 is 12.2 Å². The molecule has 26 heavy (non-hydrogen) atoms. The minimum atomic E-state index is -4.49. The van der Waals surface area contributed by atoms with Crippen LogP contribution in [0.4, 0.5) is 13.2 Å². The van der Waals surface area contributed by atoms with Crippen LogP contribution in [0, 0.1) is 0 Å². The van der Waals surface area contributed by atoms with Gasteiger partial charge in [-0.3, -0.25) is 15.6 Å². The molecule has 1 atom stereocenters. The summed E-state index contributed by atoms with van der Waals surface area (Å²) in [5.41, 5.74) is 3.92. The van der Waals surface area contributed by atoms with Crippen LogP contribution in [-0.4, -0.2) is 17.1 Å². The highest BCUT2D eigenvalue weighted by molar-refractivity contribution is 7.80. The van der Waals surface area contributed by atoms with Crippen molar-refractivity contribution in [3.8, 4) is 5.75 Å². The van der Waals surface area contributed by atoms with Crippen LogP contribution in [0.3, 0.4) is 0 Å². The lowest BCUT2D eigenvalue weighted by atomic mass is 10.2. The summed E-state index contributed by atoms with van der Waals surface area (Å²) < 4.78 is 48.4. The first kappa shape index (κ1) is 19.6. The van der Waals surface area contributed by atoms with Crippen LogP contribution < -0.4 is 20.9 Å². The van der Waals surface area contributed by atoms with Gasteiger partial charge in [0.05, 0.1) is 18.4 Å². The van der Waals surface area contributed by atoms with Crippen LogP contribution in [0.5, 0.6) is 5.75 Å². The lowest BCUT2D eigenvalue weighted by Gasteiger charge is -2.17. The molecule has 6 nitrogen and oxygen atoms in total. The molecule has 0 bridgehead atoms. The lowest BCUT2D eigenvalue weighted by Crippen LogP contribution is -2.50. The SMILES string of the molecule is CC(Oc1cccc(C(F)(F)F)c1)C(=O)NNC(=S)NCc1ccco1. The van der Waals surface area contributed by atoms with Crippen molar-refractivity contribution in [2.45, 2.75) is 25.7 Å². The van der Waals surface area contributed by atoms with Gasteiger partial charge in [-0.25, -0.2) is 0 Å². The predicted molar refractivity (Wildman–Crippen MR) is 91.0 cm³/mol. The summed E-state index contributed by atoms with van der Waals surface area (Å²) in [6.07, 6.45) is -4.01. The molecule has 0 fully saturated rings. The molecule has 2 aromatic rings. The summed E-state index contributed by atoms with van der Waals surface area (Å²) in [6, 6.07) is 7.76. The molecule has 0 aliphatic carbocycles. The van der Waals surface area contributed by atoms with Crippen LogP contribution in [0.2, 0.25) is 0 Å². The Labute approximate surface area is 152 Å². The highest BCUT2D eigenvalue weighted by Gasteiger charge is 2.30. The molecule has 10 heteroatoms. The molecule has 3 N–H and O–H groups in total. The number of thiocarbonyl (C=S) groups is 1. The molecule has 2 rings (SSSR count). The third-order valence-corrected chi connectivity index (χ3v) is 3.39. The minimum Gasteiger partial charge on any atom is -0.481 e. The smallest absolute Gasteiger partial charge is 0.416 e. The fourth-order valence-corrected chi connectivity index (χ4v) is 1.97. The largest absolute Gasteiger partial charge is 0.481 e. The molecule has 140 valence electrons. The lowest BCUT2D eigenvalue weighted by molar-refractivity contribution is -0.137. The summed E-state index contributed by atoms with van der Waals surface area (Å²) in [5, 5.41) is 2.94. The number of nitrogens with one attached hydrogen (secondary N) is 3. The summed E-state index contributed by atoms with van der Waals surface area (Å²) in [7, 11) is 0. The van der Waals surface area contributed by atoms with E-state index in [1.165, 1.54) is 25.3 Å². The minimum absolute atomic E-state index is 0.0685. The Kier molecular flexibility index (Phi) is 6.45. The Morgan fingerprint density at radius 1 is 1.27 bits per heavy atom. The average molecular weight is 387 g/mol. The number of amides is 1. The number of ether oxygens (including phenoxy) is 1. The monoisotopic (exact) mass is 387 g/mol. The van der Waals surface area contributed by atoms with E-state index in [1.54, 1.807) is 12.1 Å². The van der Waals surface area contributed by atoms with E-state index in [-0.39, 0.29) is 10.9 Å². The maximum atomic E-state index is 12.7. The highest BCUT2D eigenvalue weighted by atomic mass is 32.1. The van der Waals surface area contributed by atoms with Gasteiger partial charge < -0.3 is 14.5 Å². The van der Waals surface area contributed by atoms with Gasteiger partial charge in [0.1, 0.15) is 11.5 Å². The Morgan fingerprint density at radius 2 is 2.04 bits per heavy atom. The van der Waals surface area contributed by atoms with E-state index in [0.29, 0.717) is 12.3 Å². The predicted octanol–water partition coefficient (Wildman–Crippen LogP) is 2.76. The third-order valence-electron chi connectivity index (χ3n) is 3.15. The number of hydrazine groups is 1. The fraction of sp³-hybridized carbons (Fsp3) is 0.250. The van der Waals surface area contributed by atoms with E-state index < -0.39 is 23.8 Å². The van der Waals surface area contributed by atoms with Gasteiger partial charge in [0.15, 0.2) is 11.2 Å². The van der Waals surface area contributed by atoms with Crippen molar-refractivity contribution in [2.24, 2.45) is 0 Å². The van der Waals surface area contributed by atoms with Crippen molar-refractivity contribution >= 4 is 23.2 Å². The number of carbonyl (C=O) groups is 1. The number of hydrogen-bond acceptors (Lipinski definition) is 4. The molecule has 1 aromatic heterocycles. The van der Waals surface area contributed by atoms with Crippen molar-refractivity contribution in [2.75, 3.05) is 0 Å². The molecule has 0 radical (unpaired) electrons. The zero-order valence-corrected chi connectivity index (χ0v) is 14.4. The second-order valence-electron chi connectivity index (χ2n) is 5.16. The average Bonchev–Trinajstić information content (AvgIpc) is 3.10. The Hall–Kier alpha value is -2.75. The van der Waals surface area contributed by atoms with Gasteiger partial charge in [-0.05, 0) is 49.5 Å². The van der Waals surface area contributed by atoms with Crippen molar-refractivity contribution in [3.05, 3.63) is 54.0 Å². The first-order valence-electron chi connectivity index (χ1n) is 7.45. The number of alkyl halides is 3. The molecule has 1 unspecified atom stereocenters. The summed E-state index contributed by atoms with van der Waals surface area (Å²) in [5.74, 6) is -0.0210. The zero-order valence-electron chi connectivity index (χ0n) is 13.6. The van der Waals surface area contributed by atoms with Crippen molar-refractivity contribution in [1.29, 1.82) is 0 Å². The molecule has 0 spiro atoms. The molecule has 0 saturated carbocycles. The normalized spacial score (nSPS) is 12.2. The standard InChI is InChI=1S/C16H16F3N3O3S/c1-10(25-12-5-2-4-11(8-12)16(17,18)19)14(23)21-22-15(26)20-9-13-6-3-7-24-13/h2-8,10H,9H2,1H3,(H,21,23)(H2,20,22,26). The number of rotatable bonds is 5. The second kappa shape index (κ2) is 8.56. The zero-order chi connectivity index (χ0) is 19.2. The van der Waals surface area contributed by atoms with Gasteiger partial charge in [0.2, 0.25) is 0 Å². The van der Waals surface area contributed by atoms with Crippen LogP contribution in [0.25, 0.3) is 0 Å². The summed E-state index contributed by atoms with van der Waals surface area (Å²) in [6.45, 7) is 1.72. The van der Waals surface area contributed by atoms with E-state index in [4.69, 9.17) is 21.4 Å². The van der Waals surface area contributed by atoms with Gasteiger partial charge in [-0.1, -0.05) is 6.07 Å². The van der Waals surface area contributed by atoms with Crippen molar-refractivity contribution in [3.63, 3.8) is 0 Å². The Bertz CT molecular complexity index is 751. The molecule has 1 amide bonds. The second-order valence-corrected chi connectivity index (χ2v) is 5.57. The third kappa shape index (κ3) is 5.96. The van der Waals surface area contributed by atoms with Gasteiger partial charge >= 0.3 is 6.18 Å². The number of benzene rings is 1. The summed E-state index contributed by atoms with van der Waals surface area (Å²) >= 11 is 4.98. The molecule has 1 heterocycles. The van der Waals surface area contributed by atoms with Gasteiger partial charge in [-0.15, -0.1) is 0 Å². The fourth-order valence-electron chi connectivity index (χ4n) is 1.85. The number of furan rings is 1. The van der Waals surface area contributed by atoms with Crippen molar-refractivity contribution < 1.29 is 27.1 Å². The van der Waals surface area contributed by atoms with Crippen LogP contribution in [0.15, 0.2) is 47.1 Å². The van der Waals surface area contributed by atoms with E-state index in [2.05, 4.69) is 16.2 Å². The maximum absolute atomic E-state index is 12.7. The van der Waals surface area contributed by atoms with Crippen molar-refractivity contribution in [1.82, 2.24) is 16.2 Å². The van der Waals surface area contributed by atoms with Gasteiger partial charge in [0, 0.05) is 0 Å². The first-order valence-corrected chi connectivity index (χ1v) is 7.86. The summed E-state index contributed by atoms with van der Waals surface area (Å²) in [4.78, 5) is 11.9. The van der Waals surface area contributed by atoms with Crippen LogP contribution in [0.1, 0.15) is 18.2 Å².